The normalized spacial score (nSPS) is 20.2. The summed E-state index contributed by atoms with van der Waals surface area (Å²) in [5.41, 5.74) is 2.03. The number of rotatable bonds is 1. The molecule has 0 saturated carbocycles. The summed E-state index contributed by atoms with van der Waals surface area (Å²) in [4.78, 5) is 14.3. The topological polar surface area (TPSA) is 58.1 Å². The van der Waals surface area contributed by atoms with E-state index >= 15 is 0 Å². The molecule has 0 saturated heterocycles. The van der Waals surface area contributed by atoms with E-state index in [0.29, 0.717) is 17.6 Å². The highest BCUT2D eigenvalue weighted by Gasteiger charge is 2.33. The highest BCUT2D eigenvalue weighted by atomic mass is 19.1. The maximum Gasteiger partial charge on any atom is 0.296 e. The Morgan fingerprint density at radius 2 is 2.30 bits per heavy atom. The summed E-state index contributed by atoms with van der Waals surface area (Å²) in [5, 5.41) is 12.2. The maximum absolute atomic E-state index is 13.7. The van der Waals surface area contributed by atoms with Crippen molar-refractivity contribution in [3.8, 4) is 0 Å². The summed E-state index contributed by atoms with van der Waals surface area (Å²) in [5.74, 6) is -0.426. The molecule has 0 aliphatic carbocycles. The predicted octanol–water partition coefficient (Wildman–Crippen LogP) is 1.43. The maximum atomic E-state index is 13.7. The van der Waals surface area contributed by atoms with Gasteiger partial charge in [0.1, 0.15) is 5.82 Å². The van der Waals surface area contributed by atoms with Gasteiger partial charge in [-0.15, -0.1) is 10.2 Å². The van der Waals surface area contributed by atoms with Crippen molar-refractivity contribution in [1.82, 2.24) is 15.1 Å². The van der Waals surface area contributed by atoms with E-state index in [-0.39, 0.29) is 6.04 Å². The van der Waals surface area contributed by atoms with Gasteiger partial charge in [0.15, 0.2) is 0 Å². The SMILES string of the molecule is CCN1Cc2nnc(=O)c3cc(F)cc4c3c2C(C1)N4. The molecule has 0 radical (unpaired) electrons. The molecule has 4 rings (SSSR count). The molecule has 0 spiro atoms. The van der Waals surface area contributed by atoms with Gasteiger partial charge in [0.05, 0.1) is 17.1 Å². The molecule has 2 aliphatic heterocycles. The molecule has 102 valence electrons. The van der Waals surface area contributed by atoms with Crippen molar-refractivity contribution < 1.29 is 4.39 Å². The molecule has 1 atom stereocenters. The first kappa shape index (κ1) is 11.7. The second kappa shape index (κ2) is 3.96. The lowest BCUT2D eigenvalue weighted by Crippen LogP contribution is -2.35. The van der Waals surface area contributed by atoms with Crippen LogP contribution in [0.25, 0.3) is 10.8 Å². The van der Waals surface area contributed by atoms with E-state index in [9.17, 15) is 9.18 Å². The fraction of sp³-hybridized carbons (Fsp3) is 0.357. The Morgan fingerprint density at radius 1 is 1.45 bits per heavy atom. The summed E-state index contributed by atoms with van der Waals surface area (Å²) >= 11 is 0. The molecule has 0 amide bonds. The Hall–Kier alpha value is -2.08. The van der Waals surface area contributed by atoms with Gasteiger partial charge in [-0.1, -0.05) is 6.92 Å². The highest BCUT2D eigenvalue weighted by molar-refractivity contribution is 5.99. The van der Waals surface area contributed by atoms with E-state index in [1.165, 1.54) is 12.1 Å². The average molecular weight is 272 g/mol. The van der Waals surface area contributed by atoms with Crippen LogP contribution in [0.4, 0.5) is 10.1 Å². The van der Waals surface area contributed by atoms with Gasteiger partial charge in [0.2, 0.25) is 0 Å². The molecule has 20 heavy (non-hydrogen) atoms. The minimum Gasteiger partial charge on any atom is -0.376 e. The van der Waals surface area contributed by atoms with E-state index in [1.54, 1.807) is 0 Å². The highest BCUT2D eigenvalue weighted by Crippen LogP contribution is 2.41. The third-order valence-electron chi connectivity index (χ3n) is 4.11. The smallest absolute Gasteiger partial charge is 0.296 e. The van der Waals surface area contributed by atoms with Gasteiger partial charge in [0, 0.05) is 29.7 Å². The van der Waals surface area contributed by atoms with Crippen LogP contribution in [0.15, 0.2) is 16.9 Å². The number of nitrogens with zero attached hydrogens (tertiary/aromatic N) is 3. The Balaban J connectivity index is 2.12. The van der Waals surface area contributed by atoms with Crippen LogP contribution in [0, 0.1) is 5.82 Å². The Kier molecular flexibility index (Phi) is 2.32. The molecule has 1 N–H and O–H groups in total. The Labute approximate surface area is 114 Å². The van der Waals surface area contributed by atoms with Crippen molar-refractivity contribution in [3.63, 3.8) is 0 Å². The fourth-order valence-corrected chi connectivity index (χ4v) is 3.20. The van der Waals surface area contributed by atoms with Crippen molar-refractivity contribution in [2.24, 2.45) is 0 Å². The van der Waals surface area contributed by atoms with Crippen LogP contribution in [0.5, 0.6) is 0 Å². The first-order valence-electron chi connectivity index (χ1n) is 6.69. The van der Waals surface area contributed by atoms with Gasteiger partial charge in [-0.05, 0) is 18.7 Å². The van der Waals surface area contributed by atoms with Gasteiger partial charge in [-0.25, -0.2) is 4.39 Å². The summed E-state index contributed by atoms with van der Waals surface area (Å²) in [6.07, 6.45) is 0. The van der Waals surface area contributed by atoms with Crippen molar-refractivity contribution in [3.05, 3.63) is 39.6 Å². The third kappa shape index (κ3) is 1.48. The van der Waals surface area contributed by atoms with Gasteiger partial charge >= 0.3 is 0 Å². The van der Waals surface area contributed by atoms with Gasteiger partial charge in [-0.3, -0.25) is 9.69 Å². The monoisotopic (exact) mass is 272 g/mol. The number of benzene rings is 1. The van der Waals surface area contributed by atoms with Gasteiger partial charge < -0.3 is 5.32 Å². The predicted molar refractivity (Wildman–Crippen MR) is 73.1 cm³/mol. The first-order chi connectivity index (χ1) is 9.67. The standard InChI is InChI=1S/C14H13FN4O/c1-2-19-5-10-13-11(6-19)17-18-14(20)8-3-7(15)4-9(16-10)12(8)13/h3-4,10,16H,2,5-6H2,1H3. The van der Waals surface area contributed by atoms with E-state index in [0.717, 1.165) is 29.7 Å². The summed E-state index contributed by atoms with van der Waals surface area (Å²) in [6.45, 7) is 4.49. The molecule has 2 aromatic rings. The van der Waals surface area contributed by atoms with E-state index in [2.05, 4.69) is 27.3 Å². The lowest BCUT2D eigenvalue weighted by atomic mass is 9.99. The molecular weight excluding hydrogens is 259 g/mol. The summed E-state index contributed by atoms with van der Waals surface area (Å²) < 4.78 is 13.7. The number of halogens is 1. The lowest BCUT2D eigenvalue weighted by Gasteiger charge is -2.30. The van der Waals surface area contributed by atoms with E-state index < -0.39 is 11.4 Å². The molecule has 2 aliphatic rings. The minimum atomic E-state index is -0.472. The van der Waals surface area contributed by atoms with E-state index in [1.807, 2.05) is 0 Å². The second-order valence-electron chi connectivity index (χ2n) is 5.27. The molecule has 1 unspecified atom stereocenters. The largest absolute Gasteiger partial charge is 0.376 e. The van der Waals surface area contributed by atoms with Gasteiger partial charge in [-0.2, -0.15) is 0 Å². The third-order valence-corrected chi connectivity index (χ3v) is 4.11. The zero-order chi connectivity index (χ0) is 13.9. The molecule has 1 aromatic carbocycles. The summed E-state index contributed by atoms with van der Waals surface area (Å²) in [7, 11) is 0. The molecule has 0 fully saturated rings. The number of aromatic nitrogens is 2. The molecule has 5 nitrogen and oxygen atoms in total. The zero-order valence-corrected chi connectivity index (χ0v) is 11.0. The number of hydrogen-bond acceptors (Lipinski definition) is 5. The van der Waals surface area contributed by atoms with E-state index in [4.69, 9.17) is 0 Å². The molecule has 3 heterocycles. The van der Waals surface area contributed by atoms with Crippen LogP contribution in [0.1, 0.15) is 24.2 Å². The lowest BCUT2D eigenvalue weighted by molar-refractivity contribution is 0.247. The summed E-state index contributed by atoms with van der Waals surface area (Å²) in [6, 6.07) is 2.75. The number of nitrogens with one attached hydrogen (secondary N) is 1. The molecule has 1 aromatic heterocycles. The Bertz CT molecular complexity index is 792. The second-order valence-corrected chi connectivity index (χ2v) is 5.27. The minimum absolute atomic E-state index is 0.0547. The van der Waals surface area contributed by atoms with Crippen molar-refractivity contribution in [2.75, 3.05) is 18.4 Å². The van der Waals surface area contributed by atoms with Crippen LogP contribution >= 0.6 is 0 Å². The molecular formula is C14H13FN4O. The molecule has 0 bridgehead atoms. The Morgan fingerprint density at radius 3 is 3.10 bits per heavy atom. The van der Waals surface area contributed by atoms with Crippen molar-refractivity contribution >= 4 is 16.5 Å². The van der Waals surface area contributed by atoms with Crippen LogP contribution in [-0.4, -0.2) is 28.2 Å². The number of hydrogen-bond donors (Lipinski definition) is 1. The quantitative estimate of drug-likeness (QED) is 0.851. The van der Waals surface area contributed by atoms with Crippen molar-refractivity contribution in [2.45, 2.75) is 19.5 Å². The van der Waals surface area contributed by atoms with Gasteiger partial charge in [0.25, 0.3) is 5.56 Å². The van der Waals surface area contributed by atoms with Crippen LogP contribution in [0.3, 0.4) is 0 Å². The number of likely N-dealkylation sites (N-methyl/N-ethyl adjacent to an activating group) is 1. The van der Waals surface area contributed by atoms with Crippen LogP contribution in [0.2, 0.25) is 0 Å². The molecule has 6 heteroatoms. The van der Waals surface area contributed by atoms with Crippen LogP contribution < -0.4 is 10.9 Å². The average Bonchev–Trinajstić information content (AvgIpc) is 2.73. The first-order valence-corrected chi connectivity index (χ1v) is 6.69. The number of anilines is 1. The fourth-order valence-electron chi connectivity index (χ4n) is 3.20. The van der Waals surface area contributed by atoms with Crippen molar-refractivity contribution in [1.29, 1.82) is 0 Å². The van der Waals surface area contributed by atoms with Crippen LogP contribution in [-0.2, 0) is 6.54 Å². The zero-order valence-electron chi connectivity index (χ0n) is 11.0.